The van der Waals surface area contributed by atoms with Crippen LogP contribution in [0.4, 0.5) is 5.69 Å². The number of morpholine rings is 1. The van der Waals surface area contributed by atoms with Crippen molar-refractivity contribution in [1.29, 1.82) is 0 Å². The lowest BCUT2D eigenvalue weighted by molar-refractivity contribution is 0.0808. The molecule has 3 rings (SSSR count). The van der Waals surface area contributed by atoms with Crippen molar-refractivity contribution in [2.24, 2.45) is 10.9 Å². The summed E-state index contributed by atoms with van der Waals surface area (Å²) in [5.74, 6) is 0.0843. The summed E-state index contributed by atoms with van der Waals surface area (Å²) < 4.78 is 5.50. The van der Waals surface area contributed by atoms with Gasteiger partial charge in [-0.25, -0.2) is 0 Å². The van der Waals surface area contributed by atoms with Crippen LogP contribution in [0.2, 0.25) is 0 Å². The minimum atomic E-state index is -0.416. The van der Waals surface area contributed by atoms with Crippen LogP contribution in [0.25, 0.3) is 10.9 Å². The zero-order valence-corrected chi connectivity index (χ0v) is 10.8. The van der Waals surface area contributed by atoms with E-state index in [1.165, 1.54) is 0 Å². The van der Waals surface area contributed by atoms with Crippen LogP contribution in [0.1, 0.15) is 0 Å². The summed E-state index contributed by atoms with van der Waals surface area (Å²) in [5.41, 5.74) is 7.45. The second kappa shape index (κ2) is 5.30. The SMILES string of the molecule is NC(=NO)C1CN(c2cnnc3ccccc23)CCO1. The van der Waals surface area contributed by atoms with Gasteiger partial charge in [0.15, 0.2) is 5.84 Å². The molecule has 7 nitrogen and oxygen atoms in total. The number of anilines is 1. The third-order valence-electron chi connectivity index (χ3n) is 3.38. The van der Waals surface area contributed by atoms with Gasteiger partial charge >= 0.3 is 0 Å². The Bertz CT molecular complexity index is 640. The third-order valence-corrected chi connectivity index (χ3v) is 3.38. The molecular formula is C13H15N5O2. The van der Waals surface area contributed by atoms with E-state index in [1.807, 2.05) is 24.3 Å². The van der Waals surface area contributed by atoms with Crippen molar-refractivity contribution in [3.63, 3.8) is 0 Å². The smallest absolute Gasteiger partial charge is 0.170 e. The molecule has 7 heteroatoms. The fourth-order valence-corrected chi connectivity index (χ4v) is 2.36. The second-order valence-corrected chi connectivity index (χ2v) is 4.58. The van der Waals surface area contributed by atoms with Crippen LogP contribution < -0.4 is 10.6 Å². The minimum absolute atomic E-state index is 0.0843. The van der Waals surface area contributed by atoms with Crippen molar-refractivity contribution in [2.45, 2.75) is 6.10 Å². The zero-order valence-electron chi connectivity index (χ0n) is 10.8. The van der Waals surface area contributed by atoms with Crippen molar-refractivity contribution < 1.29 is 9.94 Å². The molecule has 1 fully saturated rings. The molecule has 1 aromatic heterocycles. The van der Waals surface area contributed by atoms with Gasteiger partial charge < -0.3 is 20.6 Å². The molecule has 20 heavy (non-hydrogen) atoms. The largest absolute Gasteiger partial charge is 0.409 e. The average molecular weight is 273 g/mol. The molecule has 0 aliphatic carbocycles. The van der Waals surface area contributed by atoms with E-state index in [2.05, 4.69) is 20.3 Å². The van der Waals surface area contributed by atoms with E-state index in [4.69, 9.17) is 15.7 Å². The number of aromatic nitrogens is 2. The van der Waals surface area contributed by atoms with Crippen LogP contribution in [-0.2, 0) is 4.74 Å². The van der Waals surface area contributed by atoms with Gasteiger partial charge in [-0.15, -0.1) is 0 Å². The Morgan fingerprint density at radius 3 is 3.15 bits per heavy atom. The molecular weight excluding hydrogens is 258 g/mol. The third kappa shape index (κ3) is 2.23. The van der Waals surface area contributed by atoms with E-state index in [-0.39, 0.29) is 5.84 Å². The number of fused-ring (bicyclic) bond motifs is 1. The summed E-state index contributed by atoms with van der Waals surface area (Å²) in [7, 11) is 0. The summed E-state index contributed by atoms with van der Waals surface area (Å²) in [4.78, 5) is 2.11. The first-order chi connectivity index (χ1) is 9.79. The van der Waals surface area contributed by atoms with Crippen molar-refractivity contribution in [2.75, 3.05) is 24.6 Å². The van der Waals surface area contributed by atoms with Gasteiger partial charge in [0.1, 0.15) is 6.10 Å². The lowest BCUT2D eigenvalue weighted by Gasteiger charge is -2.34. The lowest BCUT2D eigenvalue weighted by atomic mass is 10.1. The standard InChI is InChI=1S/C13H15N5O2/c14-13(17-19)12-8-18(5-6-20-12)11-7-15-16-10-4-2-1-3-9(10)11/h1-4,7,12,19H,5-6,8H2,(H2,14,17). The van der Waals surface area contributed by atoms with Crippen molar-refractivity contribution in [1.82, 2.24) is 10.2 Å². The number of nitrogens with zero attached hydrogens (tertiary/aromatic N) is 4. The molecule has 1 aliphatic rings. The maximum absolute atomic E-state index is 8.76. The molecule has 3 N–H and O–H groups in total. The van der Waals surface area contributed by atoms with Gasteiger partial charge in [0.05, 0.1) is 30.6 Å². The maximum atomic E-state index is 8.76. The Kier molecular flexibility index (Phi) is 3.34. The van der Waals surface area contributed by atoms with E-state index in [0.29, 0.717) is 13.2 Å². The Hall–Kier alpha value is -2.41. The molecule has 1 unspecified atom stereocenters. The van der Waals surface area contributed by atoms with E-state index < -0.39 is 6.10 Å². The lowest BCUT2D eigenvalue weighted by Crippen LogP contribution is -2.48. The van der Waals surface area contributed by atoms with Crippen molar-refractivity contribution in [3.8, 4) is 0 Å². The van der Waals surface area contributed by atoms with Crippen molar-refractivity contribution in [3.05, 3.63) is 30.5 Å². The number of benzene rings is 1. The van der Waals surface area contributed by atoms with Crippen LogP contribution >= 0.6 is 0 Å². The first-order valence-corrected chi connectivity index (χ1v) is 6.34. The van der Waals surface area contributed by atoms with Crippen LogP contribution in [0.15, 0.2) is 35.6 Å². The topological polar surface area (TPSA) is 96.9 Å². The number of amidine groups is 1. The number of oxime groups is 1. The maximum Gasteiger partial charge on any atom is 0.170 e. The van der Waals surface area contributed by atoms with E-state index in [0.717, 1.165) is 23.1 Å². The van der Waals surface area contributed by atoms with Crippen LogP contribution in [0.5, 0.6) is 0 Å². The van der Waals surface area contributed by atoms with E-state index in [1.54, 1.807) is 6.20 Å². The molecule has 2 aromatic rings. The van der Waals surface area contributed by atoms with Gasteiger partial charge in [-0.1, -0.05) is 23.4 Å². The summed E-state index contributed by atoms with van der Waals surface area (Å²) in [5, 5.41) is 21.0. The highest BCUT2D eigenvalue weighted by Gasteiger charge is 2.25. The molecule has 0 spiro atoms. The number of nitrogens with two attached hydrogens (primary N) is 1. The molecule has 1 saturated heterocycles. The fraction of sp³-hybridized carbons (Fsp3) is 0.308. The summed E-state index contributed by atoms with van der Waals surface area (Å²) in [6.45, 7) is 1.76. The predicted molar refractivity (Wildman–Crippen MR) is 74.9 cm³/mol. The molecule has 0 radical (unpaired) electrons. The summed E-state index contributed by atoms with van der Waals surface area (Å²) in [6.07, 6.45) is 1.32. The Labute approximate surface area is 115 Å². The van der Waals surface area contributed by atoms with E-state index in [9.17, 15) is 0 Å². The molecule has 0 saturated carbocycles. The predicted octanol–water partition coefficient (Wildman–Crippen LogP) is 0.581. The van der Waals surface area contributed by atoms with E-state index >= 15 is 0 Å². The van der Waals surface area contributed by atoms with Gasteiger partial charge in [-0.3, -0.25) is 0 Å². The molecule has 104 valence electrons. The van der Waals surface area contributed by atoms with Crippen LogP contribution in [0.3, 0.4) is 0 Å². The van der Waals surface area contributed by atoms with Crippen molar-refractivity contribution >= 4 is 22.4 Å². The number of hydrogen-bond acceptors (Lipinski definition) is 6. The van der Waals surface area contributed by atoms with Gasteiger partial charge in [0.25, 0.3) is 0 Å². The number of hydrogen-bond donors (Lipinski definition) is 2. The highest BCUT2D eigenvalue weighted by atomic mass is 16.5. The molecule has 2 heterocycles. The highest BCUT2D eigenvalue weighted by Crippen LogP contribution is 2.25. The van der Waals surface area contributed by atoms with Gasteiger partial charge in [0.2, 0.25) is 0 Å². The molecule has 0 amide bonds. The van der Waals surface area contributed by atoms with Gasteiger partial charge in [-0.05, 0) is 6.07 Å². The minimum Gasteiger partial charge on any atom is -0.409 e. The second-order valence-electron chi connectivity index (χ2n) is 4.58. The highest BCUT2D eigenvalue weighted by molar-refractivity contribution is 5.91. The van der Waals surface area contributed by atoms with Gasteiger partial charge in [0, 0.05) is 11.9 Å². The summed E-state index contributed by atoms with van der Waals surface area (Å²) in [6, 6.07) is 7.83. The monoisotopic (exact) mass is 273 g/mol. The first kappa shape index (κ1) is 12.6. The quantitative estimate of drug-likeness (QED) is 0.359. The fourth-order valence-electron chi connectivity index (χ4n) is 2.36. The Morgan fingerprint density at radius 1 is 1.45 bits per heavy atom. The van der Waals surface area contributed by atoms with Crippen LogP contribution in [-0.4, -0.2) is 47.0 Å². The molecule has 1 atom stereocenters. The number of rotatable bonds is 2. The summed E-state index contributed by atoms with van der Waals surface area (Å²) >= 11 is 0. The molecule has 0 bridgehead atoms. The number of ether oxygens (including phenoxy) is 1. The molecule has 1 aromatic carbocycles. The Morgan fingerprint density at radius 2 is 2.30 bits per heavy atom. The van der Waals surface area contributed by atoms with Gasteiger partial charge in [-0.2, -0.15) is 10.2 Å². The zero-order chi connectivity index (χ0) is 13.9. The first-order valence-electron chi connectivity index (χ1n) is 6.34. The Balaban J connectivity index is 1.95. The van der Waals surface area contributed by atoms with Crippen LogP contribution in [0, 0.1) is 0 Å². The molecule has 1 aliphatic heterocycles. The normalized spacial score (nSPS) is 20.3. The average Bonchev–Trinajstić information content (AvgIpc) is 2.53.